The van der Waals surface area contributed by atoms with Crippen molar-refractivity contribution in [2.45, 2.75) is 13.8 Å². The van der Waals surface area contributed by atoms with Gasteiger partial charge in [-0.25, -0.2) is 9.48 Å². The molecule has 4 rings (SSSR count). The summed E-state index contributed by atoms with van der Waals surface area (Å²) in [4.78, 5) is 16.6. The smallest absolute Gasteiger partial charge is 0.321 e. The average Bonchev–Trinajstić information content (AvgIpc) is 3.16. The summed E-state index contributed by atoms with van der Waals surface area (Å²) in [5.41, 5.74) is 2.58. The van der Waals surface area contributed by atoms with Crippen LogP contribution >= 0.6 is 0 Å². The van der Waals surface area contributed by atoms with Crippen LogP contribution in [-0.4, -0.2) is 71.3 Å². The van der Waals surface area contributed by atoms with E-state index in [1.807, 2.05) is 32.0 Å². The summed E-state index contributed by atoms with van der Waals surface area (Å²) in [5.74, 6) is 2.71. The van der Waals surface area contributed by atoms with E-state index in [0.717, 1.165) is 17.2 Å². The van der Waals surface area contributed by atoms with Crippen LogP contribution in [0.3, 0.4) is 0 Å². The van der Waals surface area contributed by atoms with Crippen molar-refractivity contribution in [3.05, 3.63) is 47.8 Å². The predicted molar refractivity (Wildman–Crippen MR) is 121 cm³/mol. The molecule has 0 saturated carbocycles. The number of methoxy groups -OCH3 is 2. The van der Waals surface area contributed by atoms with Crippen molar-refractivity contribution in [3.8, 4) is 17.3 Å². The topological polar surface area (TPSA) is 97.6 Å². The highest BCUT2D eigenvalue weighted by Gasteiger charge is 2.22. The molecule has 1 fully saturated rings. The highest BCUT2D eigenvalue weighted by molar-refractivity contribution is 5.90. The largest absolute Gasteiger partial charge is 0.497 e. The fraction of sp³-hybridized carbons (Fsp3) is 0.364. The minimum atomic E-state index is -0.161. The third-order valence-corrected chi connectivity index (χ3v) is 5.36. The molecule has 0 spiro atoms. The van der Waals surface area contributed by atoms with E-state index in [9.17, 15) is 4.79 Å². The standard InChI is InChI=1S/C22H27N7O3/c1-15-11-16(2)29(26-15)21-6-5-20(24-25-21)27-7-9-28(10-8-27)22(30)23-17-12-18(31-3)14-19(13-17)32-4/h5-6,11-14H,7-10H2,1-4H3,(H,23,30). The molecule has 2 aromatic heterocycles. The Hall–Kier alpha value is -3.82. The molecule has 32 heavy (non-hydrogen) atoms. The minimum absolute atomic E-state index is 0.161. The van der Waals surface area contributed by atoms with Gasteiger partial charge in [0.25, 0.3) is 0 Å². The SMILES string of the molecule is COc1cc(NC(=O)N2CCN(c3ccc(-n4nc(C)cc4C)nn3)CC2)cc(OC)c1. The number of rotatable bonds is 5. The number of nitrogens with one attached hydrogen (secondary N) is 1. The molecule has 0 radical (unpaired) electrons. The van der Waals surface area contributed by atoms with Crippen LogP contribution in [0.25, 0.3) is 5.82 Å². The van der Waals surface area contributed by atoms with Gasteiger partial charge in [-0.1, -0.05) is 0 Å². The lowest BCUT2D eigenvalue weighted by atomic mass is 10.2. The van der Waals surface area contributed by atoms with E-state index in [2.05, 4.69) is 25.5 Å². The molecular weight excluding hydrogens is 410 g/mol. The molecule has 1 aliphatic heterocycles. The Balaban J connectivity index is 1.36. The molecule has 3 aromatic rings. The van der Waals surface area contributed by atoms with E-state index in [1.165, 1.54) is 0 Å². The zero-order valence-corrected chi connectivity index (χ0v) is 18.7. The van der Waals surface area contributed by atoms with E-state index in [0.29, 0.717) is 49.2 Å². The number of anilines is 2. The first-order chi connectivity index (χ1) is 15.5. The van der Waals surface area contributed by atoms with E-state index in [1.54, 1.807) is 42.0 Å². The quantitative estimate of drug-likeness (QED) is 0.655. The zero-order valence-electron chi connectivity index (χ0n) is 18.7. The molecule has 0 bridgehead atoms. The molecule has 168 valence electrons. The summed E-state index contributed by atoms with van der Waals surface area (Å²) in [7, 11) is 3.15. The second-order valence-corrected chi connectivity index (χ2v) is 7.59. The molecule has 2 amide bonds. The number of aromatic nitrogens is 4. The third-order valence-electron chi connectivity index (χ3n) is 5.36. The van der Waals surface area contributed by atoms with Crippen molar-refractivity contribution in [3.63, 3.8) is 0 Å². The molecule has 1 N–H and O–H groups in total. The van der Waals surface area contributed by atoms with Crippen LogP contribution in [0.1, 0.15) is 11.4 Å². The zero-order chi connectivity index (χ0) is 22.7. The van der Waals surface area contributed by atoms with Crippen LogP contribution in [0.5, 0.6) is 11.5 Å². The fourth-order valence-electron chi connectivity index (χ4n) is 3.68. The van der Waals surface area contributed by atoms with Crippen molar-refractivity contribution in [1.29, 1.82) is 0 Å². The molecule has 10 nitrogen and oxygen atoms in total. The third kappa shape index (κ3) is 4.58. The van der Waals surface area contributed by atoms with E-state index >= 15 is 0 Å². The number of carbonyl (C=O) groups excluding carboxylic acids is 1. The molecule has 1 aliphatic rings. The second kappa shape index (κ2) is 9.13. The summed E-state index contributed by atoms with van der Waals surface area (Å²) in [6.45, 7) is 6.43. The number of piperazine rings is 1. The number of aryl methyl sites for hydroxylation is 2. The molecule has 1 saturated heterocycles. The maximum absolute atomic E-state index is 12.7. The van der Waals surface area contributed by atoms with E-state index in [4.69, 9.17) is 9.47 Å². The molecule has 10 heteroatoms. The number of ether oxygens (including phenoxy) is 2. The van der Waals surface area contributed by atoms with Crippen LogP contribution in [0.15, 0.2) is 36.4 Å². The Morgan fingerprint density at radius 2 is 1.53 bits per heavy atom. The highest BCUT2D eigenvalue weighted by Crippen LogP contribution is 2.26. The summed E-state index contributed by atoms with van der Waals surface area (Å²) in [6, 6.07) is 11.0. The minimum Gasteiger partial charge on any atom is -0.497 e. The maximum Gasteiger partial charge on any atom is 0.321 e. The van der Waals surface area contributed by atoms with E-state index < -0.39 is 0 Å². The van der Waals surface area contributed by atoms with Gasteiger partial charge in [-0.3, -0.25) is 0 Å². The summed E-state index contributed by atoms with van der Waals surface area (Å²) >= 11 is 0. The Morgan fingerprint density at radius 3 is 2.06 bits per heavy atom. The van der Waals surface area contributed by atoms with Gasteiger partial charge in [0.05, 0.1) is 19.9 Å². The van der Waals surface area contributed by atoms with Gasteiger partial charge < -0.3 is 24.6 Å². The van der Waals surface area contributed by atoms with Gasteiger partial charge in [0.15, 0.2) is 11.6 Å². The Morgan fingerprint density at radius 1 is 0.906 bits per heavy atom. The molecule has 0 unspecified atom stereocenters. The lowest BCUT2D eigenvalue weighted by Crippen LogP contribution is -2.50. The number of hydrogen-bond donors (Lipinski definition) is 1. The van der Waals surface area contributed by atoms with E-state index in [-0.39, 0.29) is 6.03 Å². The first-order valence-electron chi connectivity index (χ1n) is 10.4. The van der Waals surface area contributed by atoms with Crippen LogP contribution in [-0.2, 0) is 0 Å². The summed E-state index contributed by atoms with van der Waals surface area (Å²) < 4.78 is 12.3. The molecule has 0 aliphatic carbocycles. The van der Waals surface area contributed by atoms with Gasteiger partial charge in [0.2, 0.25) is 0 Å². The van der Waals surface area contributed by atoms with Crippen molar-refractivity contribution >= 4 is 17.5 Å². The van der Waals surface area contributed by atoms with Crippen LogP contribution in [0, 0.1) is 13.8 Å². The van der Waals surface area contributed by atoms with Gasteiger partial charge in [0.1, 0.15) is 11.5 Å². The molecule has 3 heterocycles. The highest BCUT2D eigenvalue weighted by atomic mass is 16.5. The van der Waals surface area contributed by atoms with Gasteiger partial charge in [-0.15, -0.1) is 10.2 Å². The van der Waals surface area contributed by atoms with Crippen LogP contribution in [0.4, 0.5) is 16.3 Å². The van der Waals surface area contributed by atoms with Crippen molar-refractivity contribution in [1.82, 2.24) is 24.9 Å². The number of amides is 2. The number of benzene rings is 1. The molecule has 0 atom stereocenters. The lowest BCUT2D eigenvalue weighted by Gasteiger charge is -2.35. The monoisotopic (exact) mass is 437 g/mol. The van der Waals surface area contributed by atoms with Crippen molar-refractivity contribution < 1.29 is 14.3 Å². The first kappa shape index (κ1) is 21.4. The predicted octanol–water partition coefficient (Wildman–Crippen LogP) is 2.65. The van der Waals surface area contributed by atoms with Gasteiger partial charge in [0, 0.05) is 55.8 Å². The average molecular weight is 438 g/mol. The van der Waals surface area contributed by atoms with Gasteiger partial charge in [-0.2, -0.15) is 5.10 Å². The second-order valence-electron chi connectivity index (χ2n) is 7.59. The normalized spacial score (nSPS) is 13.8. The van der Waals surface area contributed by atoms with Crippen molar-refractivity contribution in [2.75, 3.05) is 50.6 Å². The fourth-order valence-corrected chi connectivity index (χ4v) is 3.68. The van der Waals surface area contributed by atoms with Crippen molar-refractivity contribution in [2.24, 2.45) is 0 Å². The maximum atomic E-state index is 12.7. The Bertz CT molecular complexity index is 1070. The molecular formula is C22H27N7O3. The summed E-state index contributed by atoms with van der Waals surface area (Å²) in [6.07, 6.45) is 0. The molecule has 1 aromatic carbocycles. The Kier molecular flexibility index (Phi) is 6.11. The number of nitrogens with zero attached hydrogens (tertiary/aromatic N) is 6. The Labute approximate surface area is 186 Å². The number of hydrogen-bond acceptors (Lipinski definition) is 7. The van der Waals surface area contributed by atoms with Crippen LogP contribution < -0.4 is 19.7 Å². The number of carbonyl (C=O) groups is 1. The van der Waals surface area contributed by atoms with Crippen LogP contribution in [0.2, 0.25) is 0 Å². The lowest BCUT2D eigenvalue weighted by molar-refractivity contribution is 0.208. The number of urea groups is 1. The van der Waals surface area contributed by atoms with Gasteiger partial charge >= 0.3 is 6.03 Å². The first-order valence-corrected chi connectivity index (χ1v) is 10.4. The summed E-state index contributed by atoms with van der Waals surface area (Å²) in [5, 5.41) is 16.1. The van der Waals surface area contributed by atoms with Gasteiger partial charge in [-0.05, 0) is 32.0 Å².